The molecule has 0 spiro atoms. The summed E-state index contributed by atoms with van der Waals surface area (Å²) >= 11 is 0. The number of alkyl halides is 1. The highest BCUT2D eigenvalue weighted by molar-refractivity contribution is 5.99. The molecule has 1 aromatic carbocycles. The number of amides is 2. The Kier molecular flexibility index (Phi) is 6.56. The van der Waals surface area contributed by atoms with E-state index in [0.29, 0.717) is 19.8 Å². The zero-order valence-electron chi connectivity index (χ0n) is 17.3. The van der Waals surface area contributed by atoms with Gasteiger partial charge < -0.3 is 15.3 Å². The summed E-state index contributed by atoms with van der Waals surface area (Å²) in [4.78, 5) is 39.3. The lowest BCUT2D eigenvalue weighted by Crippen LogP contribution is -2.56. The number of benzene rings is 1. The molecule has 1 aromatic heterocycles. The predicted octanol–water partition coefficient (Wildman–Crippen LogP) is 1.66. The SMILES string of the molecule is CC1C=CCN2CN1n1cc(C(=O)NCc3ccc(F)cc3F)c(=O)c(O)c1C2=O.CF. The lowest BCUT2D eigenvalue weighted by atomic mass is 10.1. The third-order valence-corrected chi connectivity index (χ3v) is 5.16. The first-order valence-electron chi connectivity index (χ1n) is 9.59. The van der Waals surface area contributed by atoms with E-state index in [1.807, 2.05) is 19.1 Å². The van der Waals surface area contributed by atoms with Crippen molar-refractivity contribution in [2.24, 2.45) is 0 Å². The smallest absolute Gasteiger partial charge is 0.278 e. The number of hydrogen-bond acceptors (Lipinski definition) is 5. The minimum atomic E-state index is -1.01. The van der Waals surface area contributed by atoms with Crippen LogP contribution in [0.3, 0.4) is 0 Å². The molecule has 8 nitrogen and oxygen atoms in total. The van der Waals surface area contributed by atoms with Gasteiger partial charge in [0.1, 0.15) is 23.9 Å². The topological polar surface area (TPSA) is 94.9 Å². The Hall–Kier alpha value is -3.76. The van der Waals surface area contributed by atoms with E-state index >= 15 is 0 Å². The van der Waals surface area contributed by atoms with Gasteiger partial charge in [-0.25, -0.2) is 8.78 Å². The number of aromatic nitrogens is 1. The highest BCUT2D eigenvalue weighted by Gasteiger charge is 2.36. The molecular weight excluding hydrogens is 429 g/mol. The number of fused-ring (bicyclic) bond motifs is 4. The fourth-order valence-corrected chi connectivity index (χ4v) is 3.50. The quantitative estimate of drug-likeness (QED) is 0.694. The lowest BCUT2D eigenvalue weighted by Gasteiger charge is -2.40. The number of nitrogens with one attached hydrogen (secondary N) is 1. The van der Waals surface area contributed by atoms with Crippen molar-refractivity contribution in [1.29, 1.82) is 0 Å². The molecule has 2 bridgehead atoms. The molecule has 2 amide bonds. The second-order valence-electron chi connectivity index (χ2n) is 7.11. The molecule has 32 heavy (non-hydrogen) atoms. The number of nitrogens with zero attached hydrogens (tertiary/aromatic N) is 3. The van der Waals surface area contributed by atoms with Gasteiger partial charge in [-0.15, -0.1) is 0 Å². The molecule has 0 saturated heterocycles. The second kappa shape index (κ2) is 9.16. The van der Waals surface area contributed by atoms with Gasteiger partial charge in [0.25, 0.3) is 11.8 Å². The number of carbonyl (C=O) groups is 2. The fourth-order valence-electron chi connectivity index (χ4n) is 3.50. The monoisotopic (exact) mass is 450 g/mol. The van der Waals surface area contributed by atoms with E-state index in [4.69, 9.17) is 0 Å². The van der Waals surface area contributed by atoms with Gasteiger partial charge in [0.15, 0.2) is 11.4 Å². The minimum Gasteiger partial charge on any atom is -0.502 e. The molecule has 1 unspecified atom stereocenters. The number of halogens is 3. The summed E-state index contributed by atoms with van der Waals surface area (Å²) in [5, 5.41) is 14.5. The number of hydrogen-bond donors (Lipinski definition) is 2. The van der Waals surface area contributed by atoms with Crippen LogP contribution in [0.5, 0.6) is 5.75 Å². The molecule has 0 fully saturated rings. The van der Waals surface area contributed by atoms with Gasteiger partial charge in [0.2, 0.25) is 5.43 Å². The molecule has 0 saturated carbocycles. The molecule has 170 valence electrons. The van der Waals surface area contributed by atoms with Crippen molar-refractivity contribution in [1.82, 2.24) is 14.9 Å². The Morgan fingerprint density at radius 1 is 1.25 bits per heavy atom. The molecule has 4 rings (SSSR count). The zero-order valence-corrected chi connectivity index (χ0v) is 17.3. The number of rotatable bonds is 3. The van der Waals surface area contributed by atoms with Crippen molar-refractivity contribution in [3.8, 4) is 5.75 Å². The van der Waals surface area contributed by atoms with Crippen LogP contribution >= 0.6 is 0 Å². The summed E-state index contributed by atoms with van der Waals surface area (Å²) in [7, 11) is 0.500. The number of aromatic hydroxyl groups is 1. The maximum Gasteiger partial charge on any atom is 0.278 e. The van der Waals surface area contributed by atoms with E-state index in [2.05, 4.69) is 5.32 Å². The van der Waals surface area contributed by atoms with Crippen molar-refractivity contribution < 1.29 is 27.9 Å². The second-order valence-corrected chi connectivity index (χ2v) is 7.11. The van der Waals surface area contributed by atoms with Crippen LogP contribution in [-0.2, 0) is 6.54 Å². The molecule has 2 aliphatic rings. The third-order valence-electron chi connectivity index (χ3n) is 5.16. The predicted molar refractivity (Wildman–Crippen MR) is 110 cm³/mol. The molecule has 2 aliphatic heterocycles. The summed E-state index contributed by atoms with van der Waals surface area (Å²) in [6.45, 7) is 2.12. The van der Waals surface area contributed by atoms with Crippen molar-refractivity contribution >= 4 is 11.8 Å². The van der Waals surface area contributed by atoms with Crippen molar-refractivity contribution in [2.45, 2.75) is 19.5 Å². The van der Waals surface area contributed by atoms with Gasteiger partial charge in [0.05, 0.1) is 13.2 Å². The van der Waals surface area contributed by atoms with Crippen LogP contribution in [0.1, 0.15) is 33.3 Å². The first-order valence-corrected chi connectivity index (χ1v) is 9.59. The van der Waals surface area contributed by atoms with Gasteiger partial charge in [-0.1, -0.05) is 18.2 Å². The first-order chi connectivity index (χ1) is 15.3. The Balaban J connectivity index is 0.00000141. The molecule has 1 atom stereocenters. The van der Waals surface area contributed by atoms with E-state index in [1.54, 1.807) is 5.01 Å². The molecule has 11 heteroatoms. The van der Waals surface area contributed by atoms with Crippen LogP contribution < -0.4 is 15.8 Å². The van der Waals surface area contributed by atoms with Crippen LogP contribution in [0, 0.1) is 11.6 Å². The lowest BCUT2D eigenvalue weighted by molar-refractivity contribution is 0.0707. The van der Waals surface area contributed by atoms with Crippen LogP contribution in [0.25, 0.3) is 0 Å². The fraction of sp³-hybridized carbons (Fsp3) is 0.286. The Labute approximate surface area is 181 Å². The molecule has 2 aromatic rings. The average molecular weight is 450 g/mol. The van der Waals surface area contributed by atoms with E-state index in [9.17, 15) is 32.7 Å². The van der Waals surface area contributed by atoms with Crippen LogP contribution in [-0.4, -0.2) is 52.9 Å². The van der Waals surface area contributed by atoms with E-state index in [-0.39, 0.29) is 30.5 Å². The van der Waals surface area contributed by atoms with Gasteiger partial charge >= 0.3 is 0 Å². The summed E-state index contributed by atoms with van der Waals surface area (Å²) in [5.41, 5.74) is -1.60. The van der Waals surface area contributed by atoms with E-state index < -0.39 is 40.2 Å². The number of pyridine rings is 1. The van der Waals surface area contributed by atoms with Gasteiger partial charge in [-0.3, -0.25) is 28.5 Å². The zero-order chi connectivity index (χ0) is 23.6. The van der Waals surface area contributed by atoms with Crippen molar-refractivity contribution in [2.75, 3.05) is 25.4 Å². The molecular formula is C21H21F3N4O4. The Bertz CT molecular complexity index is 1150. The van der Waals surface area contributed by atoms with Crippen LogP contribution in [0.15, 0.2) is 41.3 Å². The first kappa shape index (κ1) is 22.9. The Morgan fingerprint density at radius 3 is 2.66 bits per heavy atom. The van der Waals surface area contributed by atoms with Crippen molar-refractivity contribution in [3.05, 3.63) is 75.2 Å². The molecule has 2 N–H and O–H groups in total. The van der Waals surface area contributed by atoms with E-state index in [0.717, 1.165) is 6.07 Å². The highest BCUT2D eigenvalue weighted by Crippen LogP contribution is 2.24. The Morgan fingerprint density at radius 2 is 1.97 bits per heavy atom. The van der Waals surface area contributed by atoms with Crippen LogP contribution in [0.4, 0.5) is 13.2 Å². The molecule has 3 heterocycles. The third kappa shape index (κ3) is 4.05. The summed E-state index contributed by atoms with van der Waals surface area (Å²) in [6.07, 6.45) is 4.88. The standard InChI is InChI=1S/C20H18F2N4O4.CH3F/c1-11-3-2-6-24-10-26(11)25-9-14(17(27)18(28)16(25)20(24)30)19(29)23-8-12-4-5-13(21)7-15(12)22;1-2/h2-5,7,9,11,28H,6,8,10H2,1H3,(H,23,29);1H3. The van der Waals surface area contributed by atoms with Crippen LogP contribution in [0.2, 0.25) is 0 Å². The largest absolute Gasteiger partial charge is 0.502 e. The maximum absolute atomic E-state index is 13.8. The van der Waals surface area contributed by atoms with Gasteiger partial charge in [-0.05, 0) is 13.0 Å². The average Bonchev–Trinajstić information content (AvgIpc) is 2.94. The summed E-state index contributed by atoms with van der Waals surface area (Å²) in [5.74, 6) is -3.80. The minimum absolute atomic E-state index is 0.0316. The molecule has 0 aliphatic carbocycles. The number of carbonyl (C=O) groups excluding carboxylic acids is 2. The molecule has 0 radical (unpaired) electrons. The summed E-state index contributed by atoms with van der Waals surface area (Å²) in [6, 6.07) is 2.75. The van der Waals surface area contributed by atoms with Crippen molar-refractivity contribution in [3.63, 3.8) is 0 Å². The maximum atomic E-state index is 13.8. The summed E-state index contributed by atoms with van der Waals surface area (Å²) < 4.78 is 37.6. The van der Waals surface area contributed by atoms with E-state index in [1.165, 1.54) is 21.8 Å². The van der Waals surface area contributed by atoms with Gasteiger partial charge in [-0.2, -0.15) is 0 Å². The van der Waals surface area contributed by atoms with Gasteiger partial charge in [0, 0.05) is 30.9 Å². The highest BCUT2D eigenvalue weighted by atomic mass is 19.1. The normalized spacial score (nSPS) is 16.7.